The quantitative estimate of drug-likeness (QED) is 0.218. The van der Waals surface area contributed by atoms with E-state index in [2.05, 4.69) is 39.1 Å². The van der Waals surface area contributed by atoms with Crippen molar-refractivity contribution in [1.82, 2.24) is 19.9 Å². The highest BCUT2D eigenvalue weighted by Gasteiger charge is 2.18. The van der Waals surface area contributed by atoms with Crippen LogP contribution in [0.4, 0.5) is 0 Å². The summed E-state index contributed by atoms with van der Waals surface area (Å²) in [6.07, 6.45) is 3.62. The van der Waals surface area contributed by atoms with Crippen molar-refractivity contribution in [2.45, 2.75) is 0 Å². The number of hydrogen-bond donors (Lipinski definition) is 0. The predicted molar refractivity (Wildman–Crippen MR) is 154 cm³/mol. The van der Waals surface area contributed by atoms with Crippen LogP contribution >= 0.6 is 15.9 Å². The fraction of sp³-hybridized carbons (Fsp3) is 0. The van der Waals surface area contributed by atoms with Crippen LogP contribution in [-0.2, 0) is 0 Å². The number of pyridine rings is 1. The first kappa shape index (κ1) is 22.5. The summed E-state index contributed by atoms with van der Waals surface area (Å²) in [6.45, 7) is 0. The highest BCUT2D eigenvalue weighted by Crippen LogP contribution is 2.37. The third kappa shape index (κ3) is 4.05. The van der Waals surface area contributed by atoms with Crippen molar-refractivity contribution >= 4 is 37.9 Å². The van der Waals surface area contributed by atoms with Crippen molar-refractivity contribution in [2.24, 2.45) is 0 Å². The third-order valence-electron chi connectivity index (χ3n) is 6.46. The van der Waals surface area contributed by atoms with E-state index in [0.717, 1.165) is 54.2 Å². The molecule has 0 bridgehead atoms. The van der Waals surface area contributed by atoms with Gasteiger partial charge >= 0.3 is 0 Å². The molecule has 180 valence electrons. The Morgan fingerprint density at radius 1 is 0.553 bits per heavy atom. The lowest BCUT2D eigenvalue weighted by Crippen LogP contribution is -2.00. The topological polar surface area (TPSA) is 64.7 Å². The number of benzene rings is 4. The molecule has 38 heavy (non-hydrogen) atoms. The first-order valence-corrected chi connectivity index (χ1v) is 13.0. The van der Waals surface area contributed by atoms with Gasteiger partial charge in [0.25, 0.3) is 0 Å². The number of fused-ring (bicyclic) bond motifs is 3. The summed E-state index contributed by atoms with van der Waals surface area (Å²) in [5.41, 5.74) is 6.37. The van der Waals surface area contributed by atoms with Gasteiger partial charge in [-0.25, -0.2) is 15.0 Å². The zero-order valence-corrected chi connectivity index (χ0v) is 21.6. The van der Waals surface area contributed by atoms with Gasteiger partial charge in [0.05, 0.1) is 0 Å². The SMILES string of the molecule is Brc1cc(-c2cccnc2)cc(-c2nc(-c3ccccc3)nc(-c3cccc4oc5ccccc5c34)n2)c1. The summed E-state index contributed by atoms with van der Waals surface area (Å²) in [5, 5.41) is 2.02. The van der Waals surface area contributed by atoms with Crippen LogP contribution in [0.25, 0.3) is 67.2 Å². The summed E-state index contributed by atoms with van der Waals surface area (Å²) in [5.74, 6) is 1.79. The van der Waals surface area contributed by atoms with Gasteiger partial charge in [-0.3, -0.25) is 4.98 Å². The summed E-state index contributed by atoms with van der Waals surface area (Å²) in [6, 6.07) is 34.2. The largest absolute Gasteiger partial charge is 0.456 e. The van der Waals surface area contributed by atoms with Gasteiger partial charge < -0.3 is 4.42 Å². The van der Waals surface area contributed by atoms with E-state index in [9.17, 15) is 0 Å². The molecule has 4 aromatic carbocycles. The van der Waals surface area contributed by atoms with E-state index in [-0.39, 0.29) is 0 Å². The Morgan fingerprint density at radius 2 is 1.26 bits per heavy atom. The highest BCUT2D eigenvalue weighted by atomic mass is 79.9. The van der Waals surface area contributed by atoms with Crippen LogP contribution in [0, 0.1) is 0 Å². The van der Waals surface area contributed by atoms with E-state index in [4.69, 9.17) is 19.4 Å². The molecule has 0 spiro atoms. The van der Waals surface area contributed by atoms with E-state index in [1.54, 1.807) is 6.20 Å². The lowest BCUT2D eigenvalue weighted by atomic mass is 10.0. The number of halogens is 1. The lowest BCUT2D eigenvalue weighted by Gasteiger charge is -2.11. The maximum absolute atomic E-state index is 6.14. The van der Waals surface area contributed by atoms with Crippen LogP contribution < -0.4 is 0 Å². The zero-order chi connectivity index (χ0) is 25.5. The van der Waals surface area contributed by atoms with Crippen LogP contribution in [-0.4, -0.2) is 19.9 Å². The van der Waals surface area contributed by atoms with Crippen LogP contribution in [0.3, 0.4) is 0 Å². The second kappa shape index (κ2) is 9.32. The molecule has 7 aromatic rings. The maximum atomic E-state index is 6.14. The predicted octanol–water partition coefficient (Wildman–Crippen LogP) is 8.60. The molecule has 0 saturated carbocycles. The van der Waals surface area contributed by atoms with Crippen molar-refractivity contribution in [1.29, 1.82) is 0 Å². The molecule has 0 atom stereocenters. The van der Waals surface area contributed by atoms with Gasteiger partial charge in [0.1, 0.15) is 11.2 Å². The molecule has 7 rings (SSSR count). The zero-order valence-electron chi connectivity index (χ0n) is 20.0. The van der Waals surface area contributed by atoms with Gasteiger partial charge in [0.15, 0.2) is 17.5 Å². The Labute approximate surface area is 227 Å². The number of aromatic nitrogens is 4. The van der Waals surface area contributed by atoms with E-state index in [1.165, 1.54) is 0 Å². The summed E-state index contributed by atoms with van der Waals surface area (Å²) < 4.78 is 7.07. The van der Waals surface area contributed by atoms with E-state index in [1.807, 2.05) is 91.1 Å². The Kier molecular flexibility index (Phi) is 5.52. The molecular weight excluding hydrogens is 536 g/mol. The molecule has 3 heterocycles. The third-order valence-corrected chi connectivity index (χ3v) is 6.92. The Bertz CT molecular complexity index is 1930. The van der Waals surface area contributed by atoms with Crippen LogP contribution in [0.5, 0.6) is 0 Å². The van der Waals surface area contributed by atoms with Crippen molar-refractivity contribution in [3.8, 4) is 45.3 Å². The van der Waals surface area contributed by atoms with E-state index in [0.29, 0.717) is 17.5 Å². The standard InChI is InChI=1S/C32H19BrN4O/c33-24-17-22(21-10-7-15-34-19-21)16-23(18-24)31-35-30(20-8-2-1-3-9-20)36-32(37-31)26-12-6-14-28-29(26)25-11-4-5-13-27(25)38-28/h1-19H. The summed E-state index contributed by atoms with van der Waals surface area (Å²) in [7, 11) is 0. The molecule has 0 saturated heterocycles. The Morgan fingerprint density at radius 3 is 2.11 bits per heavy atom. The molecule has 0 N–H and O–H groups in total. The van der Waals surface area contributed by atoms with Crippen LogP contribution in [0.1, 0.15) is 0 Å². The minimum atomic E-state index is 0.588. The molecule has 0 amide bonds. The number of furan rings is 1. The van der Waals surface area contributed by atoms with Gasteiger partial charge in [-0.2, -0.15) is 0 Å². The van der Waals surface area contributed by atoms with Crippen molar-refractivity contribution in [2.75, 3.05) is 0 Å². The molecule has 0 aliphatic rings. The fourth-order valence-electron chi connectivity index (χ4n) is 4.72. The van der Waals surface area contributed by atoms with Gasteiger partial charge in [0, 0.05) is 49.9 Å². The van der Waals surface area contributed by atoms with Crippen LogP contribution in [0.2, 0.25) is 0 Å². The minimum absolute atomic E-state index is 0.588. The van der Waals surface area contributed by atoms with Gasteiger partial charge in [-0.15, -0.1) is 0 Å². The molecule has 0 unspecified atom stereocenters. The van der Waals surface area contributed by atoms with Crippen molar-refractivity contribution in [3.63, 3.8) is 0 Å². The van der Waals surface area contributed by atoms with Crippen molar-refractivity contribution < 1.29 is 4.42 Å². The number of rotatable bonds is 4. The van der Waals surface area contributed by atoms with E-state index >= 15 is 0 Å². The first-order valence-electron chi connectivity index (χ1n) is 12.2. The lowest BCUT2D eigenvalue weighted by molar-refractivity contribution is 0.669. The molecule has 5 nitrogen and oxygen atoms in total. The summed E-state index contributed by atoms with van der Waals surface area (Å²) >= 11 is 3.68. The molecule has 0 aliphatic heterocycles. The second-order valence-electron chi connectivity index (χ2n) is 8.92. The van der Waals surface area contributed by atoms with Gasteiger partial charge in [-0.1, -0.05) is 82.7 Å². The molecule has 0 radical (unpaired) electrons. The molecule has 3 aromatic heterocycles. The van der Waals surface area contributed by atoms with Gasteiger partial charge in [-0.05, 0) is 42.0 Å². The molecule has 6 heteroatoms. The smallest absolute Gasteiger partial charge is 0.164 e. The maximum Gasteiger partial charge on any atom is 0.164 e. The molecule has 0 aliphatic carbocycles. The normalized spacial score (nSPS) is 11.3. The molecule has 0 fully saturated rings. The number of nitrogens with zero attached hydrogens (tertiary/aromatic N) is 4. The number of para-hydroxylation sites is 1. The van der Waals surface area contributed by atoms with Crippen LogP contribution in [0.15, 0.2) is 124 Å². The molecular formula is C32H19BrN4O. The average Bonchev–Trinajstić information content (AvgIpc) is 3.36. The average molecular weight is 555 g/mol. The minimum Gasteiger partial charge on any atom is -0.456 e. The first-order chi connectivity index (χ1) is 18.7. The highest BCUT2D eigenvalue weighted by molar-refractivity contribution is 9.10. The van der Waals surface area contributed by atoms with E-state index < -0.39 is 0 Å². The van der Waals surface area contributed by atoms with Gasteiger partial charge in [0.2, 0.25) is 0 Å². The second-order valence-corrected chi connectivity index (χ2v) is 9.84. The Balaban J connectivity index is 1.49. The fourth-order valence-corrected chi connectivity index (χ4v) is 5.21. The van der Waals surface area contributed by atoms with Crippen molar-refractivity contribution in [3.05, 3.63) is 120 Å². The monoisotopic (exact) mass is 554 g/mol. The summed E-state index contributed by atoms with van der Waals surface area (Å²) in [4.78, 5) is 19.2. The Hall–Kier alpha value is -4.68. The number of hydrogen-bond acceptors (Lipinski definition) is 5.